The van der Waals surface area contributed by atoms with Gasteiger partial charge < -0.3 is 19.5 Å². The molecule has 1 saturated heterocycles. The van der Waals surface area contributed by atoms with Crippen molar-refractivity contribution in [3.8, 4) is 11.5 Å². The molecule has 2 heterocycles. The van der Waals surface area contributed by atoms with Crippen LogP contribution in [-0.4, -0.2) is 36.9 Å². The molecule has 0 aliphatic carbocycles. The molecule has 1 unspecified atom stereocenters. The number of carboxylic acids is 1. The summed E-state index contributed by atoms with van der Waals surface area (Å²) in [6.07, 6.45) is 2.15. The Hall–Kier alpha value is -1.91. The van der Waals surface area contributed by atoms with Gasteiger partial charge in [0, 0.05) is 24.3 Å². The number of rotatable bonds is 3. The van der Waals surface area contributed by atoms with Crippen LogP contribution in [0.25, 0.3) is 0 Å². The summed E-state index contributed by atoms with van der Waals surface area (Å²) >= 11 is 0. The van der Waals surface area contributed by atoms with Crippen molar-refractivity contribution in [1.82, 2.24) is 0 Å². The lowest BCUT2D eigenvalue weighted by molar-refractivity contribution is -0.137. The first-order chi connectivity index (χ1) is 9.24. The lowest BCUT2D eigenvalue weighted by atomic mass is 10.1. The Labute approximate surface area is 111 Å². The van der Waals surface area contributed by atoms with Gasteiger partial charge in [-0.3, -0.25) is 4.79 Å². The molecule has 1 aromatic carbocycles. The number of benzene rings is 1. The highest BCUT2D eigenvalue weighted by Crippen LogP contribution is 2.36. The Balaban J connectivity index is 1.82. The van der Waals surface area contributed by atoms with Crippen LogP contribution in [0.3, 0.4) is 0 Å². The number of hydrogen-bond donors (Lipinski definition) is 1. The maximum atomic E-state index is 10.9. The number of anilines is 1. The minimum absolute atomic E-state index is 0.0834. The fourth-order valence-corrected chi connectivity index (χ4v) is 2.80. The monoisotopic (exact) mass is 263 g/mol. The molecule has 1 fully saturated rings. The molecular formula is C14H17NO4. The van der Waals surface area contributed by atoms with Crippen molar-refractivity contribution >= 4 is 11.7 Å². The number of hydrogen-bond acceptors (Lipinski definition) is 4. The molecule has 102 valence electrons. The molecule has 0 radical (unpaired) electrons. The van der Waals surface area contributed by atoms with Gasteiger partial charge in [-0.25, -0.2) is 0 Å². The van der Waals surface area contributed by atoms with Gasteiger partial charge >= 0.3 is 5.97 Å². The van der Waals surface area contributed by atoms with Gasteiger partial charge in [-0.05, 0) is 25.0 Å². The van der Waals surface area contributed by atoms with Crippen LogP contribution in [0.2, 0.25) is 0 Å². The zero-order chi connectivity index (χ0) is 13.2. The second kappa shape index (κ2) is 4.99. The maximum Gasteiger partial charge on any atom is 0.305 e. The van der Waals surface area contributed by atoms with E-state index in [9.17, 15) is 4.79 Å². The number of aliphatic carboxylic acids is 1. The van der Waals surface area contributed by atoms with Gasteiger partial charge in [-0.2, -0.15) is 0 Å². The SMILES string of the molecule is O=C(O)CC1CCCN1c1ccc2c(c1)OCCO2. The average molecular weight is 263 g/mol. The van der Waals surface area contributed by atoms with Gasteiger partial charge in [0.1, 0.15) is 13.2 Å². The molecule has 1 N–H and O–H groups in total. The van der Waals surface area contributed by atoms with E-state index in [0.29, 0.717) is 13.2 Å². The van der Waals surface area contributed by atoms with E-state index in [0.717, 1.165) is 36.6 Å². The van der Waals surface area contributed by atoms with E-state index in [1.54, 1.807) is 0 Å². The highest BCUT2D eigenvalue weighted by atomic mass is 16.6. The van der Waals surface area contributed by atoms with E-state index < -0.39 is 5.97 Å². The van der Waals surface area contributed by atoms with E-state index in [2.05, 4.69) is 4.90 Å². The molecule has 2 aliphatic rings. The number of carboxylic acid groups (broad SMARTS) is 1. The second-order valence-electron chi connectivity index (χ2n) is 4.92. The molecule has 2 aliphatic heterocycles. The minimum atomic E-state index is -0.741. The van der Waals surface area contributed by atoms with Crippen LogP contribution in [0.1, 0.15) is 19.3 Å². The first-order valence-electron chi connectivity index (χ1n) is 6.62. The van der Waals surface area contributed by atoms with Crippen molar-refractivity contribution in [1.29, 1.82) is 0 Å². The Morgan fingerprint density at radius 1 is 1.32 bits per heavy atom. The highest BCUT2D eigenvalue weighted by molar-refractivity contribution is 5.69. The summed E-state index contributed by atoms with van der Waals surface area (Å²) in [4.78, 5) is 13.1. The van der Waals surface area contributed by atoms with Crippen molar-refractivity contribution in [2.75, 3.05) is 24.7 Å². The number of fused-ring (bicyclic) bond motifs is 1. The summed E-state index contributed by atoms with van der Waals surface area (Å²) in [6, 6.07) is 5.92. The third-order valence-corrected chi connectivity index (χ3v) is 3.64. The van der Waals surface area contributed by atoms with Crippen molar-refractivity contribution in [3.63, 3.8) is 0 Å². The molecule has 0 bridgehead atoms. The topological polar surface area (TPSA) is 59.0 Å². The summed E-state index contributed by atoms with van der Waals surface area (Å²) in [5.74, 6) is 0.781. The van der Waals surface area contributed by atoms with Crippen molar-refractivity contribution < 1.29 is 19.4 Å². The standard InChI is InChI=1S/C14H17NO4/c16-14(17)9-10-2-1-5-15(10)11-3-4-12-13(8-11)19-7-6-18-12/h3-4,8,10H,1-2,5-7,9H2,(H,16,17). The minimum Gasteiger partial charge on any atom is -0.486 e. The van der Waals surface area contributed by atoms with Crippen LogP contribution in [0.15, 0.2) is 18.2 Å². The van der Waals surface area contributed by atoms with Crippen LogP contribution in [0, 0.1) is 0 Å². The maximum absolute atomic E-state index is 10.9. The lowest BCUT2D eigenvalue weighted by Crippen LogP contribution is -2.31. The fourth-order valence-electron chi connectivity index (χ4n) is 2.80. The van der Waals surface area contributed by atoms with Gasteiger partial charge in [-0.15, -0.1) is 0 Å². The molecular weight excluding hydrogens is 246 g/mol. The average Bonchev–Trinajstić information content (AvgIpc) is 2.85. The Morgan fingerprint density at radius 2 is 2.11 bits per heavy atom. The van der Waals surface area contributed by atoms with Gasteiger partial charge in [0.05, 0.1) is 6.42 Å². The smallest absolute Gasteiger partial charge is 0.305 e. The fraction of sp³-hybridized carbons (Fsp3) is 0.500. The van der Waals surface area contributed by atoms with Crippen LogP contribution in [0.5, 0.6) is 11.5 Å². The summed E-state index contributed by atoms with van der Waals surface area (Å²) in [5.41, 5.74) is 1.02. The molecule has 1 aromatic rings. The van der Waals surface area contributed by atoms with Crippen molar-refractivity contribution in [2.24, 2.45) is 0 Å². The molecule has 0 amide bonds. The second-order valence-corrected chi connectivity index (χ2v) is 4.92. The van der Waals surface area contributed by atoms with Gasteiger partial charge in [0.2, 0.25) is 0 Å². The lowest BCUT2D eigenvalue weighted by Gasteiger charge is -2.27. The molecule has 5 nitrogen and oxygen atoms in total. The van der Waals surface area contributed by atoms with Gasteiger partial charge in [0.25, 0.3) is 0 Å². The number of nitrogens with zero attached hydrogens (tertiary/aromatic N) is 1. The van der Waals surface area contributed by atoms with E-state index >= 15 is 0 Å². The van der Waals surface area contributed by atoms with E-state index in [1.165, 1.54) is 0 Å². The Kier molecular flexibility index (Phi) is 3.19. The molecule has 3 rings (SSSR count). The predicted molar refractivity (Wildman–Crippen MR) is 70.1 cm³/mol. The Bertz CT molecular complexity index is 488. The normalized spacial score (nSPS) is 21.5. The summed E-state index contributed by atoms with van der Waals surface area (Å²) in [6.45, 7) is 2.05. The number of carbonyl (C=O) groups is 1. The summed E-state index contributed by atoms with van der Waals surface area (Å²) in [7, 11) is 0. The van der Waals surface area contributed by atoms with Crippen molar-refractivity contribution in [3.05, 3.63) is 18.2 Å². The van der Waals surface area contributed by atoms with Crippen LogP contribution < -0.4 is 14.4 Å². The zero-order valence-electron chi connectivity index (χ0n) is 10.7. The van der Waals surface area contributed by atoms with E-state index in [4.69, 9.17) is 14.6 Å². The zero-order valence-corrected chi connectivity index (χ0v) is 10.7. The van der Waals surface area contributed by atoms with E-state index in [1.807, 2.05) is 18.2 Å². The Morgan fingerprint density at radius 3 is 2.89 bits per heavy atom. The van der Waals surface area contributed by atoms with Gasteiger partial charge in [-0.1, -0.05) is 0 Å². The first-order valence-corrected chi connectivity index (χ1v) is 6.62. The van der Waals surface area contributed by atoms with Crippen molar-refractivity contribution in [2.45, 2.75) is 25.3 Å². The largest absolute Gasteiger partial charge is 0.486 e. The quantitative estimate of drug-likeness (QED) is 0.902. The van der Waals surface area contributed by atoms with Crippen LogP contribution in [0.4, 0.5) is 5.69 Å². The van der Waals surface area contributed by atoms with E-state index in [-0.39, 0.29) is 12.5 Å². The molecule has 5 heteroatoms. The number of ether oxygens (including phenoxy) is 2. The van der Waals surface area contributed by atoms with Crippen LogP contribution in [-0.2, 0) is 4.79 Å². The molecule has 19 heavy (non-hydrogen) atoms. The molecule has 1 atom stereocenters. The molecule has 0 saturated carbocycles. The summed E-state index contributed by atoms with van der Waals surface area (Å²) < 4.78 is 11.1. The predicted octanol–water partition coefficient (Wildman–Crippen LogP) is 1.90. The third-order valence-electron chi connectivity index (χ3n) is 3.64. The first kappa shape index (κ1) is 12.1. The van der Waals surface area contributed by atoms with Crippen LogP contribution >= 0.6 is 0 Å². The molecule has 0 aromatic heterocycles. The van der Waals surface area contributed by atoms with Gasteiger partial charge in [0.15, 0.2) is 11.5 Å². The molecule has 0 spiro atoms. The third kappa shape index (κ3) is 2.45. The highest BCUT2D eigenvalue weighted by Gasteiger charge is 2.27. The summed E-state index contributed by atoms with van der Waals surface area (Å²) in [5, 5.41) is 8.96.